The highest BCUT2D eigenvalue weighted by molar-refractivity contribution is 7.54. The second-order valence-corrected chi connectivity index (χ2v) is 7.44. The summed E-state index contributed by atoms with van der Waals surface area (Å²) in [6.07, 6.45) is -0.604. The standard InChI is InChI=1S/C12H15FN3O4P/c1-9(10-2-3-12(16(17)18)11(13)8-10)20-21(19,14-4-5-14)15-6-7-15/h2-3,8-9H,4-7H2,1H3/t9-/m0/s1. The number of hydrogen-bond donors (Lipinski definition) is 0. The van der Waals surface area contributed by atoms with Gasteiger partial charge in [-0.25, -0.2) is 9.34 Å². The molecule has 0 saturated carbocycles. The minimum Gasteiger partial charge on any atom is -0.298 e. The summed E-state index contributed by atoms with van der Waals surface area (Å²) >= 11 is 0. The lowest BCUT2D eigenvalue weighted by Gasteiger charge is -2.24. The molecule has 0 aromatic heterocycles. The van der Waals surface area contributed by atoms with Crippen LogP contribution in [0.2, 0.25) is 0 Å². The largest absolute Gasteiger partial charge is 0.346 e. The molecule has 0 bridgehead atoms. The van der Waals surface area contributed by atoms with Crippen molar-refractivity contribution in [1.82, 2.24) is 9.34 Å². The van der Waals surface area contributed by atoms with Crippen LogP contribution < -0.4 is 0 Å². The molecule has 3 rings (SSSR count). The van der Waals surface area contributed by atoms with Crippen molar-refractivity contribution >= 4 is 13.4 Å². The van der Waals surface area contributed by atoms with E-state index in [1.165, 1.54) is 6.07 Å². The zero-order valence-electron chi connectivity index (χ0n) is 11.4. The van der Waals surface area contributed by atoms with Gasteiger partial charge in [-0.05, 0) is 24.6 Å². The third-order valence-electron chi connectivity index (χ3n) is 3.50. The lowest BCUT2D eigenvalue weighted by atomic mass is 10.1. The van der Waals surface area contributed by atoms with E-state index in [1.54, 1.807) is 16.3 Å². The van der Waals surface area contributed by atoms with Gasteiger partial charge >= 0.3 is 13.4 Å². The van der Waals surface area contributed by atoms with Gasteiger partial charge in [-0.1, -0.05) is 0 Å². The molecule has 9 heteroatoms. The minimum atomic E-state index is -3.00. The molecule has 1 atom stereocenters. The number of benzene rings is 1. The van der Waals surface area contributed by atoms with Crippen LogP contribution in [-0.4, -0.2) is 40.4 Å². The van der Waals surface area contributed by atoms with Crippen LogP contribution in [0.4, 0.5) is 10.1 Å². The van der Waals surface area contributed by atoms with E-state index in [0.29, 0.717) is 5.56 Å². The molecule has 7 nitrogen and oxygen atoms in total. The number of nitrogens with zero attached hydrogens (tertiary/aromatic N) is 3. The van der Waals surface area contributed by atoms with Gasteiger partial charge in [0, 0.05) is 32.2 Å². The maximum atomic E-state index is 13.6. The Morgan fingerprint density at radius 1 is 1.33 bits per heavy atom. The Morgan fingerprint density at radius 2 is 1.90 bits per heavy atom. The summed E-state index contributed by atoms with van der Waals surface area (Å²) in [5.74, 6) is -0.916. The molecule has 2 aliphatic rings. The van der Waals surface area contributed by atoms with Crippen molar-refractivity contribution in [2.45, 2.75) is 13.0 Å². The molecular weight excluding hydrogens is 300 g/mol. The van der Waals surface area contributed by atoms with E-state index in [1.807, 2.05) is 0 Å². The summed E-state index contributed by atoms with van der Waals surface area (Å²) in [5.41, 5.74) is -0.145. The highest BCUT2D eigenvalue weighted by Crippen LogP contribution is 2.63. The first-order valence-corrected chi connectivity index (χ1v) is 8.18. The summed E-state index contributed by atoms with van der Waals surface area (Å²) in [5, 5.41) is 10.6. The monoisotopic (exact) mass is 315 g/mol. The number of rotatable bonds is 6. The third-order valence-corrected chi connectivity index (χ3v) is 6.32. The van der Waals surface area contributed by atoms with Gasteiger partial charge < -0.3 is 0 Å². The molecule has 2 aliphatic heterocycles. The lowest BCUT2D eigenvalue weighted by Crippen LogP contribution is -2.10. The Hall–Kier alpha value is -1.34. The van der Waals surface area contributed by atoms with Crippen LogP contribution in [0.5, 0.6) is 0 Å². The topological polar surface area (TPSA) is 75.5 Å². The maximum Gasteiger partial charge on any atom is 0.346 e. The second-order valence-electron chi connectivity index (χ2n) is 5.11. The van der Waals surface area contributed by atoms with Crippen molar-refractivity contribution in [2.75, 3.05) is 26.2 Å². The molecular formula is C12H15FN3O4P. The van der Waals surface area contributed by atoms with Crippen LogP contribution in [-0.2, 0) is 9.09 Å². The fourth-order valence-electron chi connectivity index (χ4n) is 2.10. The molecule has 0 spiro atoms. The Balaban J connectivity index is 1.78. The molecule has 0 unspecified atom stereocenters. The van der Waals surface area contributed by atoms with Crippen LogP contribution >= 0.6 is 7.67 Å². The number of hydrogen-bond acceptors (Lipinski definition) is 4. The predicted octanol–water partition coefficient (Wildman–Crippen LogP) is 2.55. The van der Waals surface area contributed by atoms with Crippen molar-refractivity contribution in [3.63, 3.8) is 0 Å². The summed E-state index contributed by atoms with van der Waals surface area (Å²) < 4.78 is 35.7. The van der Waals surface area contributed by atoms with Crippen molar-refractivity contribution < 1.29 is 18.4 Å². The zero-order valence-corrected chi connectivity index (χ0v) is 12.3. The lowest BCUT2D eigenvalue weighted by molar-refractivity contribution is -0.387. The van der Waals surface area contributed by atoms with Gasteiger partial charge in [-0.3, -0.25) is 19.2 Å². The van der Waals surface area contributed by atoms with Crippen LogP contribution in [0, 0.1) is 15.9 Å². The van der Waals surface area contributed by atoms with E-state index in [0.717, 1.165) is 38.3 Å². The molecule has 2 fully saturated rings. The van der Waals surface area contributed by atoms with Gasteiger partial charge in [0.1, 0.15) is 0 Å². The average molecular weight is 315 g/mol. The second kappa shape index (κ2) is 5.14. The minimum absolute atomic E-state index is 0.432. The van der Waals surface area contributed by atoms with Gasteiger partial charge in [0.2, 0.25) is 5.82 Å². The first kappa shape index (κ1) is 14.6. The van der Waals surface area contributed by atoms with Gasteiger partial charge in [0.05, 0.1) is 11.0 Å². The predicted molar refractivity (Wildman–Crippen MR) is 73.3 cm³/mol. The smallest absolute Gasteiger partial charge is 0.298 e. The molecule has 1 aromatic rings. The van der Waals surface area contributed by atoms with Crippen LogP contribution in [0.25, 0.3) is 0 Å². The van der Waals surface area contributed by atoms with Gasteiger partial charge in [-0.15, -0.1) is 0 Å². The molecule has 0 radical (unpaired) electrons. The third kappa shape index (κ3) is 2.85. The van der Waals surface area contributed by atoms with Crippen LogP contribution in [0.15, 0.2) is 18.2 Å². The fourth-order valence-corrected chi connectivity index (χ4v) is 4.45. The highest BCUT2D eigenvalue weighted by atomic mass is 31.2. The number of nitro groups is 1. The molecule has 1 aromatic carbocycles. The molecule has 0 amide bonds. The summed E-state index contributed by atoms with van der Waals surface area (Å²) in [6.45, 7) is 4.59. The number of halogens is 1. The molecule has 2 saturated heterocycles. The van der Waals surface area contributed by atoms with E-state index in [-0.39, 0.29) is 0 Å². The van der Waals surface area contributed by atoms with Crippen molar-refractivity contribution in [3.8, 4) is 0 Å². The first-order chi connectivity index (χ1) is 9.91. The summed E-state index contributed by atoms with van der Waals surface area (Å²) in [4.78, 5) is 9.83. The molecule has 0 N–H and O–H groups in total. The fraction of sp³-hybridized carbons (Fsp3) is 0.500. The summed E-state index contributed by atoms with van der Waals surface area (Å²) in [7, 11) is -3.00. The first-order valence-electron chi connectivity index (χ1n) is 6.65. The zero-order chi connectivity index (χ0) is 15.2. The molecule has 2 heterocycles. The highest BCUT2D eigenvalue weighted by Gasteiger charge is 2.50. The van der Waals surface area contributed by atoms with Gasteiger partial charge in [-0.2, -0.15) is 4.39 Å². The summed E-state index contributed by atoms with van der Waals surface area (Å²) in [6, 6.07) is 3.60. The van der Waals surface area contributed by atoms with E-state index < -0.39 is 30.2 Å². The van der Waals surface area contributed by atoms with Crippen molar-refractivity contribution in [1.29, 1.82) is 0 Å². The van der Waals surface area contributed by atoms with Crippen molar-refractivity contribution in [3.05, 3.63) is 39.7 Å². The van der Waals surface area contributed by atoms with E-state index in [4.69, 9.17) is 4.52 Å². The van der Waals surface area contributed by atoms with E-state index in [2.05, 4.69) is 0 Å². The molecule has 21 heavy (non-hydrogen) atoms. The van der Waals surface area contributed by atoms with Gasteiger partial charge in [0.15, 0.2) is 0 Å². The Kier molecular flexibility index (Phi) is 3.57. The normalized spacial score (nSPS) is 20.3. The van der Waals surface area contributed by atoms with Crippen LogP contribution in [0.3, 0.4) is 0 Å². The number of nitro benzene ring substituents is 1. The molecule has 0 aliphatic carbocycles. The average Bonchev–Trinajstić information content (AvgIpc) is 3.30. The van der Waals surface area contributed by atoms with Gasteiger partial charge in [0.25, 0.3) is 0 Å². The molecule has 114 valence electrons. The SMILES string of the molecule is C[C@H](OP(=O)(N1CC1)N1CC1)c1ccc([N+](=O)[O-])c(F)c1. The Bertz CT molecular complexity index is 617. The van der Waals surface area contributed by atoms with E-state index >= 15 is 0 Å². The Labute approximate surface area is 121 Å². The quantitative estimate of drug-likeness (QED) is 0.347. The Morgan fingerprint density at radius 3 is 2.33 bits per heavy atom. The van der Waals surface area contributed by atoms with E-state index in [9.17, 15) is 19.1 Å². The maximum absolute atomic E-state index is 13.6. The van der Waals surface area contributed by atoms with Crippen LogP contribution in [0.1, 0.15) is 18.6 Å². The van der Waals surface area contributed by atoms with Crippen molar-refractivity contribution in [2.24, 2.45) is 0 Å².